The summed E-state index contributed by atoms with van der Waals surface area (Å²) in [6.07, 6.45) is 0.618. The summed E-state index contributed by atoms with van der Waals surface area (Å²) >= 11 is 0. The highest BCUT2D eigenvalue weighted by atomic mass is 16.3. The molecule has 0 saturated carbocycles. The maximum Gasteiger partial charge on any atom is 0.165 e. The summed E-state index contributed by atoms with van der Waals surface area (Å²) < 4.78 is 1.70. The SMILES string of the molecule is Nc1nc(C(c2ccccc2)(c2ccccc2)c2ccccc2)nc2c1ncn2C[C@H](O)CO. The third-order valence-corrected chi connectivity index (χ3v) is 6.06. The van der Waals surface area contributed by atoms with E-state index in [-0.39, 0.29) is 19.0 Å². The molecule has 0 bridgehead atoms. The Labute approximate surface area is 197 Å². The van der Waals surface area contributed by atoms with E-state index in [9.17, 15) is 10.2 Å². The number of nitrogens with zero attached hydrogens (tertiary/aromatic N) is 4. The molecule has 34 heavy (non-hydrogen) atoms. The van der Waals surface area contributed by atoms with E-state index in [0.29, 0.717) is 17.0 Å². The van der Waals surface area contributed by atoms with Crippen molar-refractivity contribution in [3.8, 4) is 0 Å². The van der Waals surface area contributed by atoms with Crippen LogP contribution in [0.4, 0.5) is 5.82 Å². The van der Waals surface area contributed by atoms with Gasteiger partial charge < -0.3 is 20.5 Å². The van der Waals surface area contributed by atoms with Crippen LogP contribution in [0, 0.1) is 0 Å². The lowest BCUT2D eigenvalue weighted by Crippen LogP contribution is -2.33. The van der Waals surface area contributed by atoms with Crippen LogP contribution in [-0.2, 0) is 12.0 Å². The van der Waals surface area contributed by atoms with Gasteiger partial charge in [-0.3, -0.25) is 0 Å². The number of aliphatic hydroxyl groups excluding tert-OH is 2. The van der Waals surface area contributed by atoms with E-state index in [2.05, 4.69) is 41.4 Å². The van der Waals surface area contributed by atoms with Gasteiger partial charge in [0.1, 0.15) is 10.9 Å². The van der Waals surface area contributed by atoms with Gasteiger partial charge in [0.05, 0.1) is 25.6 Å². The van der Waals surface area contributed by atoms with Crippen molar-refractivity contribution < 1.29 is 10.2 Å². The number of nitrogen functional groups attached to an aromatic ring is 1. The third-order valence-electron chi connectivity index (χ3n) is 6.06. The van der Waals surface area contributed by atoms with E-state index in [1.54, 1.807) is 10.9 Å². The summed E-state index contributed by atoms with van der Waals surface area (Å²) in [6, 6.07) is 30.3. The van der Waals surface area contributed by atoms with Crippen molar-refractivity contribution in [2.24, 2.45) is 0 Å². The van der Waals surface area contributed by atoms with Gasteiger partial charge in [0, 0.05) is 0 Å². The maximum atomic E-state index is 10.0. The Morgan fingerprint density at radius 2 is 1.29 bits per heavy atom. The summed E-state index contributed by atoms with van der Waals surface area (Å²) in [5.74, 6) is 0.755. The van der Waals surface area contributed by atoms with E-state index in [1.807, 2.05) is 54.6 Å². The van der Waals surface area contributed by atoms with Crippen LogP contribution in [0.15, 0.2) is 97.3 Å². The third kappa shape index (κ3) is 3.61. The number of hydrogen-bond donors (Lipinski definition) is 3. The standard InChI is InChI=1S/C27H25N5O2/c28-24-23-25(32(18-29-23)16-22(34)17-33)31-26(30-24)27(19-10-4-1-5-11-19,20-12-6-2-7-13-20)21-14-8-3-9-15-21/h1-15,18,22,33-34H,16-17H2,(H2,28,30,31)/t22-/m0/s1. The topological polar surface area (TPSA) is 110 Å². The van der Waals surface area contributed by atoms with Gasteiger partial charge in [0.15, 0.2) is 17.3 Å². The number of hydrogen-bond acceptors (Lipinski definition) is 6. The number of nitrogens with two attached hydrogens (primary N) is 1. The minimum Gasteiger partial charge on any atom is -0.394 e. The molecule has 0 amide bonds. The fraction of sp³-hybridized carbons (Fsp3) is 0.148. The molecule has 3 aromatic carbocycles. The molecule has 0 radical (unpaired) electrons. The molecule has 1 atom stereocenters. The van der Waals surface area contributed by atoms with Gasteiger partial charge in [-0.05, 0) is 16.7 Å². The molecule has 0 saturated heterocycles. The molecular weight excluding hydrogens is 426 g/mol. The minimum atomic E-state index is -0.945. The first-order chi connectivity index (χ1) is 16.6. The van der Waals surface area contributed by atoms with Crippen LogP contribution in [0.2, 0.25) is 0 Å². The fourth-order valence-corrected chi connectivity index (χ4v) is 4.50. The zero-order chi connectivity index (χ0) is 23.5. The molecule has 2 heterocycles. The Hall–Kier alpha value is -4.07. The van der Waals surface area contributed by atoms with Crippen molar-refractivity contribution in [1.29, 1.82) is 0 Å². The normalized spacial score (nSPS) is 12.6. The first-order valence-electron chi connectivity index (χ1n) is 11.1. The lowest BCUT2D eigenvalue weighted by molar-refractivity contribution is 0.0819. The Kier molecular flexibility index (Phi) is 5.79. The van der Waals surface area contributed by atoms with Gasteiger partial charge in [0.25, 0.3) is 0 Å². The number of aliphatic hydroxyl groups is 2. The predicted molar refractivity (Wildman–Crippen MR) is 131 cm³/mol. The van der Waals surface area contributed by atoms with Crippen LogP contribution >= 0.6 is 0 Å². The van der Waals surface area contributed by atoms with Crippen molar-refractivity contribution >= 4 is 17.0 Å². The van der Waals surface area contributed by atoms with Crippen molar-refractivity contribution in [3.63, 3.8) is 0 Å². The summed E-state index contributed by atoms with van der Waals surface area (Å²) in [6.45, 7) is -0.229. The number of aromatic nitrogens is 4. The molecule has 7 heteroatoms. The average Bonchev–Trinajstić information content (AvgIpc) is 3.29. The highest BCUT2D eigenvalue weighted by Crippen LogP contribution is 2.44. The first kappa shape index (κ1) is 21.8. The zero-order valence-electron chi connectivity index (χ0n) is 18.5. The van der Waals surface area contributed by atoms with Crippen molar-refractivity contribution in [2.45, 2.75) is 18.1 Å². The molecule has 5 rings (SSSR count). The number of imidazole rings is 1. The highest BCUT2D eigenvalue weighted by molar-refractivity contribution is 5.82. The molecule has 0 aliphatic heterocycles. The first-order valence-corrected chi connectivity index (χ1v) is 11.1. The molecule has 0 unspecified atom stereocenters. The minimum absolute atomic E-state index is 0.137. The Bertz CT molecular complexity index is 1290. The van der Waals surface area contributed by atoms with Gasteiger partial charge in [0.2, 0.25) is 0 Å². The predicted octanol–water partition coefficient (Wildman–Crippen LogP) is 3.14. The summed E-state index contributed by atoms with van der Waals surface area (Å²) in [7, 11) is 0. The second-order valence-electron chi connectivity index (χ2n) is 8.19. The molecule has 170 valence electrons. The molecule has 5 aromatic rings. The van der Waals surface area contributed by atoms with Crippen LogP contribution in [0.25, 0.3) is 11.2 Å². The number of anilines is 1. The van der Waals surface area contributed by atoms with Crippen LogP contribution in [0.3, 0.4) is 0 Å². The zero-order valence-corrected chi connectivity index (χ0v) is 18.5. The van der Waals surface area contributed by atoms with Crippen molar-refractivity contribution in [2.75, 3.05) is 12.3 Å². The number of fused-ring (bicyclic) bond motifs is 1. The van der Waals surface area contributed by atoms with E-state index in [1.165, 1.54) is 0 Å². The van der Waals surface area contributed by atoms with E-state index in [0.717, 1.165) is 16.7 Å². The van der Waals surface area contributed by atoms with Gasteiger partial charge in [-0.2, -0.15) is 0 Å². The van der Waals surface area contributed by atoms with Crippen LogP contribution in [0.1, 0.15) is 22.5 Å². The molecule has 4 N–H and O–H groups in total. The second kappa shape index (κ2) is 9.05. The smallest absolute Gasteiger partial charge is 0.165 e. The van der Waals surface area contributed by atoms with E-state index in [4.69, 9.17) is 15.7 Å². The molecule has 0 fully saturated rings. The van der Waals surface area contributed by atoms with Gasteiger partial charge in [-0.15, -0.1) is 0 Å². The highest BCUT2D eigenvalue weighted by Gasteiger charge is 2.41. The lowest BCUT2D eigenvalue weighted by Gasteiger charge is -2.34. The fourth-order valence-electron chi connectivity index (χ4n) is 4.50. The second-order valence-corrected chi connectivity index (χ2v) is 8.19. The van der Waals surface area contributed by atoms with Crippen molar-refractivity contribution in [3.05, 3.63) is 120 Å². The lowest BCUT2D eigenvalue weighted by atomic mass is 9.68. The average molecular weight is 452 g/mol. The summed E-state index contributed by atoms with van der Waals surface area (Å²) in [5.41, 5.74) is 9.51. The van der Waals surface area contributed by atoms with Gasteiger partial charge in [-0.25, -0.2) is 15.0 Å². The summed E-state index contributed by atoms with van der Waals surface area (Å²) in [5, 5.41) is 19.4. The number of rotatable bonds is 7. The monoisotopic (exact) mass is 451 g/mol. The van der Waals surface area contributed by atoms with Gasteiger partial charge >= 0.3 is 0 Å². The van der Waals surface area contributed by atoms with E-state index < -0.39 is 11.5 Å². The largest absolute Gasteiger partial charge is 0.394 e. The Balaban J connectivity index is 1.87. The Morgan fingerprint density at radius 1 is 0.794 bits per heavy atom. The molecule has 0 aliphatic rings. The molecule has 2 aromatic heterocycles. The van der Waals surface area contributed by atoms with Crippen molar-refractivity contribution in [1.82, 2.24) is 19.5 Å². The summed E-state index contributed by atoms with van der Waals surface area (Å²) in [4.78, 5) is 14.2. The Morgan fingerprint density at radius 3 is 1.76 bits per heavy atom. The quantitative estimate of drug-likeness (QED) is 0.328. The van der Waals surface area contributed by atoms with Crippen LogP contribution in [-0.4, -0.2) is 42.4 Å². The van der Waals surface area contributed by atoms with Crippen LogP contribution < -0.4 is 5.73 Å². The van der Waals surface area contributed by atoms with Gasteiger partial charge in [-0.1, -0.05) is 91.0 Å². The van der Waals surface area contributed by atoms with Crippen LogP contribution in [0.5, 0.6) is 0 Å². The molecule has 7 nitrogen and oxygen atoms in total. The molecule has 0 spiro atoms. The molecular formula is C27H25N5O2. The molecule has 0 aliphatic carbocycles. The number of benzene rings is 3. The maximum absolute atomic E-state index is 10.0. The van der Waals surface area contributed by atoms with E-state index >= 15 is 0 Å².